The van der Waals surface area contributed by atoms with E-state index in [9.17, 15) is 14.7 Å². The van der Waals surface area contributed by atoms with Crippen molar-refractivity contribution in [2.45, 2.75) is 43.8 Å². The number of fused-ring (bicyclic) bond motifs is 2. The van der Waals surface area contributed by atoms with Gasteiger partial charge >= 0.3 is 11.9 Å². The molecule has 0 radical (unpaired) electrons. The van der Waals surface area contributed by atoms with Gasteiger partial charge in [0.15, 0.2) is 0 Å². The molecule has 1 atom stereocenters. The van der Waals surface area contributed by atoms with Gasteiger partial charge in [-0.05, 0) is 79.7 Å². The fourth-order valence-electron chi connectivity index (χ4n) is 5.02. The number of piperidine rings is 1. The normalized spacial score (nSPS) is 19.6. The minimum absolute atomic E-state index is 0.209. The van der Waals surface area contributed by atoms with Gasteiger partial charge in [0.05, 0.1) is 23.8 Å². The fourth-order valence-corrected chi connectivity index (χ4v) is 6.17. The molecule has 5 rings (SSSR count). The average molecular weight is 468 g/mol. The zero-order chi connectivity index (χ0) is 22.9. The Morgan fingerprint density at radius 3 is 2.67 bits per heavy atom. The van der Waals surface area contributed by atoms with E-state index in [1.807, 2.05) is 36.9 Å². The first-order valence-electron chi connectivity index (χ1n) is 11.6. The molecule has 3 aliphatic heterocycles. The maximum absolute atomic E-state index is 11.8. The summed E-state index contributed by atoms with van der Waals surface area (Å²) in [5.74, 6) is 1.23. The number of benzene rings is 2. The zero-order valence-corrected chi connectivity index (χ0v) is 19.7. The monoisotopic (exact) mass is 467 g/mol. The molecule has 1 unspecified atom stereocenters. The molecule has 174 valence electrons. The Hall–Kier alpha value is -2.35. The molecule has 0 saturated carbocycles. The summed E-state index contributed by atoms with van der Waals surface area (Å²) in [4.78, 5) is 27.1. The molecule has 0 bridgehead atoms. The van der Waals surface area contributed by atoms with E-state index in [-0.39, 0.29) is 11.9 Å². The first kappa shape index (κ1) is 22.4. The Labute approximate surface area is 198 Å². The van der Waals surface area contributed by atoms with Crippen LogP contribution in [0.3, 0.4) is 0 Å². The predicted octanol–water partition coefficient (Wildman–Crippen LogP) is 3.92. The number of carbonyl (C=O) groups excluding carboxylic acids is 2. The van der Waals surface area contributed by atoms with Gasteiger partial charge in [-0.15, -0.1) is 11.8 Å². The molecule has 1 fully saturated rings. The maximum Gasteiger partial charge on any atom is 0.338 e. The van der Waals surface area contributed by atoms with Crippen molar-refractivity contribution < 1.29 is 24.2 Å². The highest BCUT2D eigenvalue weighted by Crippen LogP contribution is 2.32. The van der Waals surface area contributed by atoms with E-state index < -0.39 is 6.10 Å². The van der Waals surface area contributed by atoms with Crippen molar-refractivity contribution in [1.29, 1.82) is 0 Å². The summed E-state index contributed by atoms with van der Waals surface area (Å²) in [6.07, 6.45) is 2.45. The molecule has 0 amide bonds. The lowest BCUT2D eigenvalue weighted by Crippen LogP contribution is -2.37. The zero-order valence-electron chi connectivity index (χ0n) is 18.8. The Kier molecular flexibility index (Phi) is 6.45. The van der Waals surface area contributed by atoms with E-state index in [0.29, 0.717) is 36.8 Å². The number of cyclic esters (lactones) is 2. The van der Waals surface area contributed by atoms with Crippen LogP contribution in [0.5, 0.6) is 0 Å². The Morgan fingerprint density at radius 2 is 1.85 bits per heavy atom. The van der Waals surface area contributed by atoms with Gasteiger partial charge in [-0.25, -0.2) is 9.59 Å². The molecular formula is C26H29NO5S. The number of aliphatic hydroxyl groups is 1. The molecule has 3 heterocycles. The van der Waals surface area contributed by atoms with E-state index >= 15 is 0 Å². The molecule has 33 heavy (non-hydrogen) atoms. The van der Waals surface area contributed by atoms with Crippen molar-refractivity contribution in [3.63, 3.8) is 0 Å². The number of rotatable bonds is 6. The second-order valence-corrected chi connectivity index (χ2v) is 10.3. The molecule has 0 aromatic heterocycles. The lowest BCUT2D eigenvalue weighted by atomic mass is 9.94. The third-order valence-electron chi connectivity index (χ3n) is 7.09. The van der Waals surface area contributed by atoms with Gasteiger partial charge < -0.3 is 19.5 Å². The number of carbonyl (C=O) groups is 2. The summed E-state index contributed by atoms with van der Waals surface area (Å²) in [5, 5.41) is 10.9. The molecule has 6 nitrogen and oxygen atoms in total. The fraction of sp³-hybridized carbons (Fsp3) is 0.462. The van der Waals surface area contributed by atoms with E-state index in [2.05, 4.69) is 11.0 Å². The smallest absolute Gasteiger partial charge is 0.338 e. The topological polar surface area (TPSA) is 76.1 Å². The van der Waals surface area contributed by atoms with Crippen molar-refractivity contribution in [3.05, 3.63) is 63.7 Å². The van der Waals surface area contributed by atoms with E-state index in [1.165, 1.54) is 4.90 Å². The Morgan fingerprint density at radius 1 is 1.09 bits per heavy atom. The number of hydrogen-bond acceptors (Lipinski definition) is 7. The molecular weight excluding hydrogens is 438 g/mol. The van der Waals surface area contributed by atoms with E-state index in [4.69, 9.17) is 9.47 Å². The number of aliphatic hydroxyl groups excluding tert-OH is 1. The third-order valence-corrected chi connectivity index (χ3v) is 8.32. The third kappa shape index (κ3) is 4.67. The van der Waals surface area contributed by atoms with Gasteiger partial charge in [0.2, 0.25) is 0 Å². The predicted molar refractivity (Wildman–Crippen MR) is 126 cm³/mol. The minimum atomic E-state index is -0.570. The number of esters is 2. The summed E-state index contributed by atoms with van der Waals surface area (Å²) in [5.41, 5.74) is 5.19. The summed E-state index contributed by atoms with van der Waals surface area (Å²) < 4.78 is 10.2. The molecule has 1 saturated heterocycles. The maximum atomic E-state index is 11.8. The van der Waals surface area contributed by atoms with Crippen molar-refractivity contribution >= 4 is 23.7 Å². The van der Waals surface area contributed by atoms with Gasteiger partial charge in [-0.3, -0.25) is 0 Å². The molecule has 2 aromatic rings. The molecule has 2 aromatic carbocycles. The van der Waals surface area contributed by atoms with Crippen LogP contribution in [0.15, 0.2) is 35.2 Å². The van der Waals surface area contributed by atoms with Crippen LogP contribution in [0.4, 0.5) is 0 Å². The second kappa shape index (κ2) is 9.49. The quantitative estimate of drug-likeness (QED) is 0.510. The molecule has 3 aliphatic rings. The standard InChI is InChI=1S/C26H29NO5S/c1-16-20(4-5-22-23(16)14-32-26(22)30)24(28)13-27-9-6-17(7-10-27)15-33-19-2-3-21-18(12-19)8-11-31-25(21)29/h2-5,12,17,24,28H,6-11,13-15H2,1H3. The van der Waals surface area contributed by atoms with E-state index in [1.54, 1.807) is 6.07 Å². The number of hydrogen-bond donors (Lipinski definition) is 1. The van der Waals surface area contributed by atoms with Crippen molar-refractivity contribution in [3.8, 4) is 0 Å². The number of thioether (sulfide) groups is 1. The van der Waals surface area contributed by atoms with Gasteiger partial charge in [-0.2, -0.15) is 0 Å². The second-order valence-electron chi connectivity index (χ2n) is 9.16. The van der Waals surface area contributed by atoms with E-state index in [0.717, 1.165) is 60.4 Å². The molecule has 1 N–H and O–H groups in total. The van der Waals surface area contributed by atoms with Crippen molar-refractivity contribution in [2.24, 2.45) is 5.92 Å². The lowest BCUT2D eigenvalue weighted by molar-refractivity contribution is 0.0478. The first-order chi connectivity index (χ1) is 16.0. The van der Waals surface area contributed by atoms with Crippen LogP contribution in [0.25, 0.3) is 0 Å². The Bertz CT molecular complexity index is 1080. The lowest BCUT2D eigenvalue weighted by Gasteiger charge is -2.33. The van der Waals surface area contributed by atoms with Crippen LogP contribution >= 0.6 is 11.8 Å². The van der Waals surface area contributed by atoms with Crippen LogP contribution in [-0.2, 0) is 22.5 Å². The molecule has 7 heteroatoms. The number of likely N-dealkylation sites (tertiary alicyclic amines) is 1. The van der Waals surface area contributed by atoms with Gasteiger partial charge in [0, 0.05) is 29.2 Å². The van der Waals surface area contributed by atoms with Gasteiger partial charge in [0.25, 0.3) is 0 Å². The van der Waals surface area contributed by atoms with Crippen LogP contribution in [0.1, 0.15) is 61.9 Å². The molecule has 0 aliphatic carbocycles. The summed E-state index contributed by atoms with van der Waals surface area (Å²) in [6, 6.07) is 9.71. The van der Waals surface area contributed by atoms with Crippen LogP contribution in [0.2, 0.25) is 0 Å². The Balaban J connectivity index is 1.11. The molecule has 0 spiro atoms. The van der Waals surface area contributed by atoms with Crippen molar-refractivity contribution in [1.82, 2.24) is 4.90 Å². The number of β-amino-alcohol motifs (C(OH)–C–C–N with tert-alkyl or cyclic N) is 1. The average Bonchev–Trinajstić information content (AvgIpc) is 3.20. The van der Waals surface area contributed by atoms with Gasteiger partial charge in [-0.1, -0.05) is 6.07 Å². The summed E-state index contributed by atoms with van der Waals surface area (Å²) in [6.45, 7) is 5.30. The minimum Gasteiger partial charge on any atom is -0.462 e. The number of nitrogens with zero attached hydrogens (tertiary/aromatic N) is 1. The highest BCUT2D eigenvalue weighted by molar-refractivity contribution is 7.99. The highest BCUT2D eigenvalue weighted by Gasteiger charge is 2.27. The van der Waals surface area contributed by atoms with Gasteiger partial charge in [0.1, 0.15) is 6.61 Å². The summed E-state index contributed by atoms with van der Waals surface area (Å²) >= 11 is 1.87. The van der Waals surface area contributed by atoms with Crippen LogP contribution in [-0.4, -0.2) is 53.9 Å². The SMILES string of the molecule is Cc1c(C(O)CN2CCC(CSc3ccc4c(c3)CCOC4=O)CC2)ccc2c1COC2=O. The largest absolute Gasteiger partial charge is 0.462 e. The van der Waals surface area contributed by atoms with Crippen molar-refractivity contribution in [2.75, 3.05) is 32.0 Å². The number of ether oxygens (including phenoxy) is 2. The summed E-state index contributed by atoms with van der Waals surface area (Å²) in [7, 11) is 0. The highest BCUT2D eigenvalue weighted by atomic mass is 32.2. The van der Waals surface area contributed by atoms with Crippen LogP contribution in [0, 0.1) is 12.8 Å². The first-order valence-corrected chi connectivity index (χ1v) is 12.6. The van der Waals surface area contributed by atoms with Crippen LogP contribution < -0.4 is 0 Å².